The Morgan fingerprint density at radius 3 is 1.40 bits per heavy atom. The van der Waals surface area contributed by atoms with Gasteiger partial charge in [0.15, 0.2) is 0 Å². The smallest absolute Gasteiger partial charge is 0.419 e. The molecule has 8 aromatic rings. The average Bonchev–Trinajstić information content (AvgIpc) is 3.94. The van der Waals surface area contributed by atoms with Gasteiger partial charge in [0.25, 0.3) is 5.56 Å². The molecule has 4 aromatic heterocycles. The molecular weight excluding hydrogens is 1060 g/mol. The predicted octanol–water partition coefficient (Wildman–Crippen LogP) is 11.3. The molecule has 0 aliphatic rings. The highest BCUT2D eigenvalue weighted by Crippen LogP contribution is 2.35. The molecule has 4 heterocycles. The van der Waals surface area contributed by atoms with Crippen molar-refractivity contribution in [3.8, 4) is 11.5 Å². The van der Waals surface area contributed by atoms with E-state index in [0.717, 1.165) is 45.5 Å². The van der Waals surface area contributed by atoms with Crippen molar-refractivity contribution in [1.82, 2.24) is 18.3 Å². The minimum atomic E-state index is -0.939. The number of esters is 1. The highest BCUT2D eigenvalue weighted by Gasteiger charge is 2.28. The maximum atomic E-state index is 14.5. The monoisotopic (exact) mass is 1120 g/mol. The van der Waals surface area contributed by atoms with Crippen LogP contribution in [-0.2, 0) is 45.3 Å². The van der Waals surface area contributed by atoms with Crippen LogP contribution in [0.5, 0.6) is 11.5 Å². The fourth-order valence-electron chi connectivity index (χ4n) is 7.76. The zero-order chi connectivity index (χ0) is 59.0. The number of hydrogen-bond donors (Lipinski definition) is 1. The van der Waals surface area contributed by atoms with Gasteiger partial charge in [-0.15, -0.1) is 0 Å². The Hall–Kier alpha value is -9.35. The molecule has 18 nitrogen and oxygen atoms in total. The van der Waals surface area contributed by atoms with Gasteiger partial charge in [0, 0.05) is 71.5 Å². The number of nitro groups is 1. The van der Waals surface area contributed by atoms with Crippen LogP contribution in [0.2, 0.25) is 0 Å². The number of rotatable bonds is 12. The summed E-state index contributed by atoms with van der Waals surface area (Å²) in [5, 5.41) is 11.7. The predicted molar refractivity (Wildman–Crippen MR) is 281 cm³/mol. The van der Waals surface area contributed by atoms with Crippen LogP contribution in [0.4, 0.5) is 47.3 Å². The Labute approximate surface area is 452 Å². The van der Waals surface area contributed by atoms with Crippen molar-refractivity contribution in [3.63, 3.8) is 0 Å². The molecule has 24 heteroatoms. The number of pyridine rings is 2. The molecule has 0 atom stereocenters. The van der Waals surface area contributed by atoms with Gasteiger partial charge < -0.3 is 38.6 Å². The lowest BCUT2D eigenvalue weighted by atomic mass is 10.2. The molecule has 422 valence electrons. The largest absolute Gasteiger partial charge is 0.486 e. The SMILES string of the molecule is CC(C)(C)OC(=O)n1c(Cn2cccc(N)c2=O)cc2cc(F)cc(OCc3ccc(F)cc3F)c21.CC(C)(C)OC(=O)n1c(Cn2cccc([N+](=O)[O-])c2=O)cc2cc(F)cc(OCc3ccc(F)cc3F)c21.CCOC(C)=O. The van der Waals surface area contributed by atoms with Crippen LogP contribution in [0.1, 0.15) is 77.9 Å². The van der Waals surface area contributed by atoms with Crippen molar-refractivity contribution in [1.29, 1.82) is 0 Å². The molecule has 0 aliphatic heterocycles. The highest BCUT2D eigenvalue weighted by atomic mass is 19.2. The van der Waals surface area contributed by atoms with Crippen molar-refractivity contribution in [3.05, 3.63) is 198 Å². The molecule has 0 fully saturated rings. The molecule has 2 N–H and O–H groups in total. The fourth-order valence-corrected chi connectivity index (χ4v) is 7.76. The van der Waals surface area contributed by atoms with Gasteiger partial charge in [-0.3, -0.25) is 24.5 Å². The third-order valence-corrected chi connectivity index (χ3v) is 11.0. The number of carbonyl (C=O) groups excluding carboxylic acids is 3. The zero-order valence-corrected chi connectivity index (χ0v) is 44.4. The summed E-state index contributed by atoms with van der Waals surface area (Å²) in [5.74, 6) is -5.03. The molecule has 80 heavy (non-hydrogen) atoms. The molecule has 0 aliphatic carbocycles. The summed E-state index contributed by atoms with van der Waals surface area (Å²) in [7, 11) is 0. The third-order valence-electron chi connectivity index (χ3n) is 11.0. The number of carbonyl (C=O) groups is 3. The topological polar surface area (TPSA) is 220 Å². The second-order valence-corrected chi connectivity index (χ2v) is 19.5. The van der Waals surface area contributed by atoms with E-state index in [1.54, 1.807) is 54.5 Å². The zero-order valence-electron chi connectivity index (χ0n) is 44.4. The maximum Gasteiger partial charge on any atom is 0.419 e. The van der Waals surface area contributed by atoms with E-state index in [1.165, 1.54) is 70.9 Å². The van der Waals surface area contributed by atoms with E-state index in [2.05, 4.69) is 4.74 Å². The number of halogens is 6. The number of anilines is 1. The van der Waals surface area contributed by atoms with Crippen molar-refractivity contribution in [2.45, 2.75) is 92.9 Å². The summed E-state index contributed by atoms with van der Waals surface area (Å²) in [6, 6.07) is 18.6. The summed E-state index contributed by atoms with van der Waals surface area (Å²) in [4.78, 5) is 71.9. The first-order valence-corrected chi connectivity index (χ1v) is 24.2. The fraction of sp³-hybridized carbons (Fsp3) is 0.268. The minimum Gasteiger partial charge on any atom is -0.486 e. The molecule has 0 bridgehead atoms. The normalized spacial score (nSPS) is 11.3. The minimum absolute atomic E-state index is 0.0115. The van der Waals surface area contributed by atoms with Crippen LogP contribution < -0.4 is 26.3 Å². The lowest BCUT2D eigenvalue weighted by Crippen LogP contribution is -2.29. The van der Waals surface area contributed by atoms with Gasteiger partial charge in [-0.25, -0.2) is 45.1 Å². The number of benzene rings is 4. The van der Waals surface area contributed by atoms with Crippen LogP contribution in [0.3, 0.4) is 0 Å². The maximum absolute atomic E-state index is 14.5. The number of nitrogen functional groups attached to an aromatic ring is 1. The molecule has 4 aromatic carbocycles. The summed E-state index contributed by atoms with van der Waals surface area (Å²) >= 11 is 0. The van der Waals surface area contributed by atoms with Gasteiger partial charge in [-0.05, 0) is 115 Å². The first-order chi connectivity index (χ1) is 37.5. The van der Waals surface area contributed by atoms with Gasteiger partial charge >= 0.3 is 29.4 Å². The average molecular weight is 1120 g/mol. The van der Waals surface area contributed by atoms with E-state index >= 15 is 0 Å². The first kappa shape index (κ1) is 59.9. The molecule has 0 amide bonds. The van der Waals surface area contributed by atoms with Crippen LogP contribution in [0.15, 0.2) is 119 Å². The van der Waals surface area contributed by atoms with Gasteiger partial charge in [-0.1, -0.05) is 0 Å². The Morgan fingerprint density at radius 1 is 0.600 bits per heavy atom. The van der Waals surface area contributed by atoms with Crippen LogP contribution >= 0.6 is 0 Å². The van der Waals surface area contributed by atoms with E-state index in [4.69, 9.17) is 24.7 Å². The van der Waals surface area contributed by atoms with Crippen molar-refractivity contribution in [2.75, 3.05) is 12.3 Å². The number of aromatic nitrogens is 4. The van der Waals surface area contributed by atoms with Crippen LogP contribution in [0.25, 0.3) is 21.8 Å². The number of fused-ring (bicyclic) bond motifs is 2. The molecule has 0 radical (unpaired) electrons. The number of nitrogens with two attached hydrogens (primary N) is 1. The number of nitrogens with zero attached hydrogens (tertiary/aromatic N) is 5. The number of hydrogen-bond acceptors (Lipinski definition) is 13. The Bertz CT molecular complexity index is 3760. The Kier molecular flexibility index (Phi) is 18.7. The second-order valence-electron chi connectivity index (χ2n) is 19.5. The Balaban J connectivity index is 0.000000234. The Morgan fingerprint density at radius 2 is 1.02 bits per heavy atom. The lowest BCUT2D eigenvalue weighted by molar-refractivity contribution is -0.386. The van der Waals surface area contributed by atoms with E-state index in [9.17, 15) is 60.4 Å². The van der Waals surface area contributed by atoms with Crippen molar-refractivity contribution < 1.29 is 69.3 Å². The summed E-state index contributed by atoms with van der Waals surface area (Å²) in [5.41, 5.74) is 2.62. The summed E-state index contributed by atoms with van der Waals surface area (Å²) < 4.78 is 115. The van der Waals surface area contributed by atoms with Gasteiger partial charge in [0.05, 0.1) is 41.7 Å². The molecular formula is C56H54F6N6O12. The highest BCUT2D eigenvalue weighted by molar-refractivity contribution is 5.96. The molecule has 0 saturated heterocycles. The van der Waals surface area contributed by atoms with E-state index in [-0.39, 0.29) is 76.1 Å². The van der Waals surface area contributed by atoms with Gasteiger partial charge in [-0.2, -0.15) is 0 Å². The molecule has 8 rings (SSSR count). The van der Waals surface area contributed by atoms with E-state index in [0.29, 0.717) is 29.8 Å². The van der Waals surface area contributed by atoms with Gasteiger partial charge in [0.2, 0.25) is 0 Å². The van der Waals surface area contributed by atoms with Crippen LogP contribution in [0, 0.1) is 45.0 Å². The molecule has 0 saturated carbocycles. The molecule has 0 unspecified atom stereocenters. The summed E-state index contributed by atoms with van der Waals surface area (Å²) in [6.45, 7) is 12.5. The van der Waals surface area contributed by atoms with Crippen LogP contribution in [-0.4, -0.2) is 59.2 Å². The van der Waals surface area contributed by atoms with Crippen molar-refractivity contribution >= 4 is 51.3 Å². The first-order valence-electron chi connectivity index (χ1n) is 24.2. The lowest BCUT2D eigenvalue weighted by Gasteiger charge is -2.21. The quantitative estimate of drug-likeness (QED) is 0.0396. The third kappa shape index (κ3) is 15.2. The second kappa shape index (κ2) is 25.0. The van der Waals surface area contributed by atoms with E-state index < -0.39 is 86.6 Å². The number of ether oxygens (including phenoxy) is 5. The summed E-state index contributed by atoms with van der Waals surface area (Å²) in [6.07, 6.45) is 1.14. The standard InChI is InChI=1S/C26H22F3N3O6.C26H24F3N3O4.C4H8O2/c1-26(2,3)38-25(34)31-19(13-30-8-4-5-21(24(30)33)32(35)36)10-16-9-18(28)12-22(23(16)31)37-14-15-6-7-17(27)11-20(15)29;1-26(2,3)36-25(34)32-19(13-31-8-4-5-21(30)24(31)33)10-16-9-18(28)12-22(23(16)32)35-14-15-6-7-17(27)11-20(15)29;1-3-6-4(2)5/h4-12H,13-14H2,1-3H3;4-12H,13-14,30H2,1-3H3;3H2,1-2H3. The van der Waals surface area contributed by atoms with E-state index in [1.807, 2.05) is 0 Å². The van der Waals surface area contributed by atoms with Gasteiger partial charge in [0.1, 0.15) is 81.9 Å². The molecule has 0 spiro atoms. The van der Waals surface area contributed by atoms with Crippen molar-refractivity contribution in [2.24, 2.45) is 0 Å².